The molecule has 104 valence electrons. The molecule has 0 bridgehead atoms. The Morgan fingerprint density at radius 1 is 1.05 bits per heavy atom. The SMILES string of the molecule is CC(C)(C)c1cccc(-c2ccc([N+](=O)[O-])c(F)c2)c1. The zero-order valence-corrected chi connectivity index (χ0v) is 11.7. The molecule has 0 N–H and O–H groups in total. The summed E-state index contributed by atoms with van der Waals surface area (Å²) in [5.74, 6) is -0.811. The number of rotatable bonds is 2. The predicted molar refractivity (Wildman–Crippen MR) is 77.2 cm³/mol. The van der Waals surface area contributed by atoms with E-state index in [-0.39, 0.29) is 5.41 Å². The van der Waals surface area contributed by atoms with Crippen LogP contribution in [0.2, 0.25) is 0 Å². The number of nitro benzene ring substituents is 1. The molecule has 0 heterocycles. The molecule has 0 fully saturated rings. The minimum absolute atomic E-state index is 0.00463. The molecule has 4 heteroatoms. The first-order valence-electron chi connectivity index (χ1n) is 6.34. The van der Waals surface area contributed by atoms with Gasteiger partial charge in [-0.3, -0.25) is 10.1 Å². The Hall–Kier alpha value is -2.23. The van der Waals surface area contributed by atoms with E-state index in [2.05, 4.69) is 20.8 Å². The van der Waals surface area contributed by atoms with E-state index in [1.165, 1.54) is 12.1 Å². The maximum absolute atomic E-state index is 13.7. The van der Waals surface area contributed by atoms with Gasteiger partial charge >= 0.3 is 5.69 Å². The fourth-order valence-electron chi connectivity index (χ4n) is 2.00. The van der Waals surface area contributed by atoms with Crippen molar-refractivity contribution < 1.29 is 9.31 Å². The maximum Gasteiger partial charge on any atom is 0.304 e. The first-order chi connectivity index (χ1) is 9.29. The van der Waals surface area contributed by atoms with Gasteiger partial charge in [0.25, 0.3) is 0 Å². The average Bonchev–Trinajstić information content (AvgIpc) is 2.37. The summed E-state index contributed by atoms with van der Waals surface area (Å²) in [6, 6.07) is 11.8. The van der Waals surface area contributed by atoms with E-state index in [0.29, 0.717) is 5.56 Å². The molecule has 0 aliphatic carbocycles. The zero-order chi connectivity index (χ0) is 14.9. The van der Waals surface area contributed by atoms with Crippen LogP contribution in [0, 0.1) is 15.9 Å². The topological polar surface area (TPSA) is 43.1 Å². The van der Waals surface area contributed by atoms with Gasteiger partial charge in [0, 0.05) is 6.07 Å². The fourth-order valence-corrected chi connectivity index (χ4v) is 2.00. The molecular formula is C16H16FNO2. The van der Waals surface area contributed by atoms with E-state index >= 15 is 0 Å². The minimum atomic E-state index is -0.811. The van der Waals surface area contributed by atoms with Crippen LogP contribution in [-0.4, -0.2) is 4.92 Å². The van der Waals surface area contributed by atoms with Gasteiger partial charge in [0.15, 0.2) is 0 Å². The van der Waals surface area contributed by atoms with Gasteiger partial charge in [-0.1, -0.05) is 45.0 Å². The van der Waals surface area contributed by atoms with E-state index in [4.69, 9.17) is 0 Å². The standard InChI is InChI=1S/C16H16FNO2/c1-16(2,3)13-6-4-5-11(9-13)12-7-8-15(18(19)20)14(17)10-12/h4-10H,1-3H3. The Morgan fingerprint density at radius 2 is 1.70 bits per heavy atom. The molecule has 0 unspecified atom stereocenters. The molecule has 0 aliphatic rings. The molecule has 2 aromatic carbocycles. The number of halogens is 1. The van der Waals surface area contributed by atoms with E-state index in [1.807, 2.05) is 24.3 Å². The fraction of sp³-hybridized carbons (Fsp3) is 0.250. The molecule has 0 aliphatic heterocycles. The molecule has 0 saturated heterocycles. The van der Waals surface area contributed by atoms with Crippen LogP contribution in [0.4, 0.5) is 10.1 Å². The Morgan fingerprint density at radius 3 is 2.25 bits per heavy atom. The third-order valence-corrected chi connectivity index (χ3v) is 3.21. The van der Waals surface area contributed by atoms with E-state index in [0.717, 1.165) is 11.1 Å². The van der Waals surface area contributed by atoms with Crippen molar-refractivity contribution in [2.45, 2.75) is 26.2 Å². The van der Waals surface area contributed by atoms with Crippen molar-refractivity contribution in [1.29, 1.82) is 0 Å². The van der Waals surface area contributed by atoms with Gasteiger partial charge in [-0.15, -0.1) is 0 Å². The molecule has 20 heavy (non-hydrogen) atoms. The van der Waals surface area contributed by atoms with Crippen LogP contribution in [0.25, 0.3) is 11.1 Å². The van der Waals surface area contributed by atoms with E-state index < -0.39 is 16.4 Å². The van der Waals surface area contributed by atoms with Crippen molar-refractivity contribution in [3.8, 4) is 11.1 Å². The normalized spacial score (nSPS) is 11.4. The summed E-state index contributed by atoms with van der Waals surface area (Å²) in [4.78, 5) is 9.90. The van der Waals surface area contributed by atoms with Crippen molar-refractivity contribution in [3.63, 3.8) is 0 Å². The first-order valence-corrected chi connectivity index (χ1v) is 6.34. The number of hydrogen-bond donors (Lipinski definition) is 0. The highest BCUT2D eigenvalue weighted by Crippen LogP contribution is 2.29. The van der Waals surface area contributed by atoms with Crippen LogP contribution in [0.3, 0.4) is 0 Å². The Bertz CT molecular complexity index is 660. The molecule has 0 radical (unpaired) electrons. The smallest absolute Gasteiger partial charge is 0.258 e. The second kappa shape index (κ2) is 5.04. The van der Waals surface area contributed by atoms with Gasteiger partial charge in [0.2, 0.25) is 5.82 Å². The number of benzene rings is 2. The molecule has 0 spiro atoms. The van der Waals surface area contributed by atoms with E-state index in [9.17, 15) is 14.5 Å². The molecular weight excluding hydrogens is 257 g/mol. The molecule has 2 rings (SSSR count). The molecule has 2 aromatic rings. The first kappa shape index (κ1) is 14.2. The lowest BCUT2D eigenvalue weighted by atomic mass is 9.85. The van der Waals surface area contributed by atoms with Gasteiger partial charge in [0.05, 0.1) is 4.92 Å². The number of hydrogen-bond acceptors (Lipinski definition) is 2. The van der Waals surface area contributed by atoms with Crippen LogP contribution in [0.5, 0.6) is 0 Å². The van der Waals surface area contributed by atoms with Crippen molar-refractivity contribution >= 4 is 5.69 Å². The number of nitrogens with zero attached hydrogens (tertiary/aromatic N) is 1. The lowest BCUT2D eigenvalue weighted by molar-refractivity contribution is -0.387. The van der Waals surface area contributed by atoms with Crippen molar-refractivity contribution in [2.24, 2.45) is 0 Å². The van der Waals surface area contributed by atoms with Gasteiger partial charge in [-0.25, -0.2) is 0 Å². The van der Waals surface area contributed by atoms with Crippen molar-refractivity contribution in [1.82, 2.24) is 0 Å². The van der Waals surface area contributed by atoms with Crippen molar-refractivity contribution in [3.05, 3.63) is 64.0 Å². The highest BCUT2D eigenvalue weighted by Gasteiger charge is 2.16. The van der Waals surface area contributed by atoms with Crippen LogP contribution < -0.4 is 0 Å². The Kier molecular flexibility index (Phi) is 3.57. The Labute approximate surface area is 117 Å². The van der Waals surface area contributed by atoms with Crippen LogP contribution >= 0.6 is 0 Å². The maximum atomic E-state index is 13.7. The Balaban J connectivity index is 2.47. The number of nitro groups is 1. The van der Waals surface area contributed by atoms with Gasteiger partial charge in [-0.05, 0) is 34.2 Å². The van der Waals surface area contributed by atoms with E-state index in [1.54, 1.807) is 6.07 Å². The monoisotopic (exact) mass is 273 g/mol. The summed E-state index contributed by atoms with van der Waals surface area (Å²) in [7, 11) is 0. The summed E-state index contributed by atoms with van der Waals surface area (Å²) in [5.41, 5.74) is 2.12. The summed E-state index contributed by atoms with van der Waals surface area (Å²) in [6.45, 7) is 6.30. The summed E-state index contributed by atoms with van der Waals surface area (Å²) in [6.07, 6.45) is 0. The average molecular weight is 273 g/mol. The highest BCUT2D eigenvalue weighted by molar-refractivity contribution is 5.66. The second-order valence-corrected chi connectivity index (χ2v) is 5.75. The molecule has 3 nitrogen and oxygen atoms in total. The lowest BCUT2D eigenvalue weighted by Gasteiger charge is -2.19. The molecule has 0 atom stereocenters. The third kappa shape index (κ3) is 2.85. The van der Waals surface area contributed by atoms with Gasteiger partial charge < -0.3 is 0 Å². The minimum Gasteiger partial charge on any atom is -0.258 e. The largest absolute Gasteiger partial charge is 0.304 e. The molecule has 0 amide bonds. The second-order valence-electron chi connectivity index (χ2n) is 5.75. The third-order valence-electron chi connectivity index (χ3n) is 3.21. The quantitative estimate of drug-likeness (QED) is 0.588. The van der Waals surface area contributed by atoms with Crippen LogP contribution in [0.1, 0.15) is 26.3 Å². The van der Waals surface area contributed by atoms with Crippen LogP contribution in [0.15, 0.2) is 42.5 Å². The van der Waals surface area contributed by atoms with Crippen LogP contribution in [-0.2, 0) is 5.41 Å². The molecule has 0 aromatic heterocycles. The summed E-state index contributed by atoms with van der Waals surface area (Å²) < 4.78 is 13.7. The summed E-state index contributed by atoms with van der Waals surface area (Å²) >= 11 is 0. The predicted octanol–water partition coefficient (Wildman–Crippen LogP) is 4.70. The summed E-state index contributed by atoms with van der Waals surface area (Å²) in [5, 5.41) is 10.6. The molecule has 0 saturated carbocycles. The van der Waals surface area contributed by atoms with Crippen molar-refractivity contribution in [2.75, 3.05) is 0 Å². The zero-order valence-electron chi connectivity index (χ0n) is 11.7. The van der Waals surface area contributed by atoms with Gasteiger partial charge in [-0.2, -0.15) is 4.39 Å². The van der Waals surface area contributed by atoms with Gasteiger partial charge in [0.1, 0.15) is 0 Å². The lowest BCUT2D eigenvalue weighted by Crippen LogP contribution is -2.10. The highest BCUT2D eigenvalue weighted by atomic mass is 19.1.